The van der Waals surface area contributed by atoms with Crippen molar-refractivity contribution in [3.05, 3.63) is 34.1 Å². The minimum Gasteiger partial charge on any atom is -0.258 e. The second-order valence-corrected chi connectivity index (χ2v) is 7.11. The van der Waals surface area contributed by atoms with Crippen LogP contribution in [0, 0.1) is 15.9 Å². The lowest BCUT2D eigenvalue weighted by Gasteiger charge is -2.27. The third-order valence-corrected chi connectivity index (χ3v) is 5.45. The van der Waals surface area contributed by atoms with Gasteiger partial charge in [-0.1, -0.05) is 18.9 Å². The first-order chi connectivity index (χ1) is 9.83. The maximum atomic E-state index is 13.5. The van der Waals surface area contributed by atoms with E-state index in [1.807, 2.05) is 0 Å². The van der Waals surface area contributed by atoms with Crippen LogP contribution in [0.5, 0.6) is 0 Å². The zero-order valence-electron chi connectivity index (χ0n) is 11.0. The zero-order valence-corrected chi connectivity index (χ0v) is 12.5. The third kappa shape index (κ3) is 3.50. The number of hydrogen-bond donors (Lipinski definition) is 1. The molecule has 1 fully saturated rings. The van der Waals surface area contributed by atoms with E-state index in [1.165, 1.54) is 0 Å². The standard InChI is InChI=1S/C12H14ClFN2O4S/c13-8-4-1-2-6-10(8)15-21(19,20)11-7-3-5-9(14)12(11)16(17)18/h3,5,7-8,10,15H,1-2,4,6H2. The molecule has 0 amide bonds. The Bertz CT molecular complexity index is 653. The molecule has 1 aliphatic carbocycles. The maximum absolute atomic E-state index is 13.5. The van der Waals surface area contributed by atoms with E-state index >= 15 is 0 Å². The molecule has 0 aliphatic heterocycles. The van der Waals surface area contributed by atoms with Crippen LogP contribution in [0.4, 0.5) is 10.1 Å². The normalized spacial score (nSPS) is 23.0. The summed E-state index contributed by atoms with van der Waals surface area (Å²) in [5.41, 5.74) is -1.05. The van der Waals surface area contributed by atoms with Crippen LogP contribution in [0.2, 0.25) is 0 Å². The molecule has 1 aromatic rings. The largest absolute Gasteiger partial charge is 0.324 e. The van der Waals surface area contributed by atoms with Crippen LogP contribution in [0.1, 0.15) is 25.7 Å². The summed E-state index contributed by atoms with van der Waals surface area (Å²) in [5, 5.41) is 10.5. The third-order valence-electron chi connectivity index (χ3n) is 3.41. The summed E-state index contributed by atoms with van der Waals surface area (Å²) < 4.78 is 40.4. The minimum absolute atomic E-state index is 0.374. The van der Waals surface area contributed by atoms with E-state index in [1.54, 1.807) is 0 Å². The van der Waals surface area contributed by atoms with Crippen molar-refractivity contribution in [2.45, 2.75) is 42.0 Å². The van der Waals surface area contributed by atoms with Crippen molar-refractivity contribution >= 4 is 27.3 Å². The summed E-state index contributed by atoms with van der Waals surface area (Å²) in [6.45, 7) is 0. The topological polar surface area (TPSA) is 89.3 Å². The molecular weight excluding hydrogens is 323 g/mol. The van der Waals surface area contributed by atoms with Gasteiger partial charge in [-0.15, -0.1) is 11.6 Å². The molecular formula is C12H14ClFN2O4S. The fraction of sp³-hybridized carbons (Fsp3) is 0.500. The molecule has 0 aromatic heterocycles. The molecule has 2 rings (SSSR count). The Morgan fingerprint density at radius 3 is 2.62 bits per heavy atom. The lowest BCUT2D eigenvalue weighted by molar-refractivity contribution is -0.390. The van der Waals surface area contributed by atoms with Crippen LogP contribution in [-0.2, 0) is 10.0 Å². The number of benzene rings is 1. The Hall–Kier alpha value is -1.25. The lowest BCUT2D eigenvalue weighted by Crippen LogP contribution is -2.42. The molecule has 21 heavy (non-hydrogen) atoms. The van der Waals surface area contributed by atoms with Gasteiger partial charge in [-0.25, -0.2) is 13.1 Å². The van der Waals surface area contributed by atoms with Crippen LogP contribution in [-0.4, -0.2) is 24.8 Å². The van der Waals surface area contributed by atoms with Gasteiger partial charge in [0.1, 0.15) is 0 Å². The first kappa shape index (κ1) is 16.1. The van der Waals surface area contributed by atoms with Crippen LogP contribution in [0.3, 0.4) is 0 Å². The van der Waals surface area contributed by atoms with Crippen molar-refractivity contribution in [1.82, 2.24) is 4.72 Å². The molecule has 0 radical (unpaired) electrons. The number of nitrogens with zero attached hydrogens (tertiary/aromatic N) is 1. The smallest absolute Gasteiger partial charge is 0.258 e. The molecule has 0 saturated heterocycles. The molecule has 1 aromatic carbocycles. The highest BCUT2D eigenvalue weighted by Crippen LogP contribution is 2.29. The molecule has 116 valence electrons. The summed E-state index contributed by atoms with van der Waals surface area (Å²) in [6, 6.07) is 2.47. The molecule has 0 spiro atoms. The predicted octanol–water partition coefficient (Wildman–Crippen LogP) is 2.56. The van der Waals surface area contributed by atoms with Crippen molar-refractivity contribution in [3.8, 4) is 0 Å². The van der Waals surface area contributed by atoms with Gasteiger partial charge >= 0.3 is 5.69 Å². The van der Waals surface area contributed by atoms with Crippen molar-refractivity contribution in [2.24, 2.45) is 0 Å². The van der Waals surface area contributed by atoms with Gasteiger partial charge in [0.05, 0.1) is 4.92 Å². The van der Waals surface area contributed by atoms with E-state index < -0.39 is 37.4 Å². The Morgan fingerprint density at radius 1 is 1.33 bits per heavy atom. The molecule has 2 atom stereocenters. The number of halogens is 2. The van der Waals surface area contributed by atoms with Crippen LogP contribution in [0.25, 0.3) is 0 Å². The molecule has 1 aliphatic rings. The molecule has 1 saturated carbocycles. The number of nitro benzene ring substituents is 1. The van der Waals surface area contributed by atoms with Crippen LogP contribution >= 0.6 is 11.6 Å². The molecule has 6 nitrogen and oxygen atoms in total. The van der Waals surface area contributed by atoms with Crippen molar-refractivity contribution in [3.63, 3.8) is 0 Å². The Morgan fingerprint density at radius 2 is 2.00 bits per heavy atom. The quantitative estimate of drug-likeness (QED) is 0.520. The summed E-state index contributed by atoms with van der Waals surface area (Å²) in [6.07, 6.45) is 2.95. The van der Waals surface area contributed by atoms with Gasteiger partial charge in [0.2, 0.25) is 15.8 Å². The Labute approximate surface area is 126 Å². The second-order valence-electron chi connectivity index (χ2n) is 4.87. The van der Waals surface area contributed by atoms with Crippen LogP contribution < -0.4 is 4.72 Å². The molecule has 1 N–H and O–H groups in total. The number of hydrogen-bond acceptors (Lipinski definition) is 4. The fourth-order valence-corrected chi connectivity index (χ4v) is 4.28. The monoisotopic (exact) mass is 336 g/mol. The van der Waals surface area contributed by atoms with E-state index in [0.29, 0.717) is 12.8 Å². The van der Waals surface area contributed by atoms with Gasteiger partial charge in [0.25, 0.3) is 0 Å². The van der Waals surface area contributed by atoms with E-state index in [0.717, 1.165) is 31.0 Å². The van der Waals surface area contributed by atoms with Gasteiger partial charge in [0, 0.05) is 11.4 Å². The SMILES string of the molecule is O=[N+]([O-])c1c(F)cccc1S(=O)(=O)NC1CCCCC1Cl. The highest BCUT2D eigenvalue weighted by Gasteiger charge is 2.33. The molecule has 2 unspecified atom stereocenters. The number of nitrogens with one attached hydrogen (secondary N) is 1. The summed E-state index contributed by atoms with van der Waals surface area (Å²) >= 11 is 6.07. The average Bonchev–Trinajstić information content (AvgIpc) is 2.40. The molecule has 0 bridgehead atoms. The highest BCUT2D eigenvalue weighted by molar-refractivity contribution is 7.89. The van der Waals surface area contributed by atoms with E-state index in [-0.39, 0.29) is 5.38 Å². The van der Waals surface area contributed by atoms with Gasteiger partial charge in [-0.05, 0) is 25.0 Å². The first-order valence-electron chi connectivity index (χ1n) is 6.42. The summed E-state index contributed by atoms with van der Waals surface area (Å²) in [4.78, 5) is 9.18. The van der Waals surface area contributed by atoms with Gasteiger partial charge in [-0.3, -0.25) is 10.1 Å². The lowest BCUT2D eigenvalue weighted by atomic mass is 9.96. The first-order valence-corrected chi connectivity index (χ1v) is 8.34. The minimum atomic E-state index is -4.21. The van der Waals surface area contributed by atoms with E-state index in [4.69, 9.17) is 11.6 Å². The predicted molar refractivity (Wildman–Crippen MR) is 75.3 cm³/mol. The number of para-hydroxylation sites is 1. The fourth-order valence-electron chi connectivity index (χ4n) is 2.37. The Balaban J connectivity index is 2.36. The van der Waals surface area contributed by atoms with Crippen LogP contribution in [0.15, 0.2) is 23.1 Å². The van der Waals surface area contributed by atoms with E-state index in [2.05, 4.69) is 4.72 Å². The highest BCUT2D eigenvalue weighted by atomic mass is 35.5. The maximum Gasteiger partial charge on any atom is 0.324 e. The van der Waals surface area contributed by atoms with Crippen molar-refractivity contribution in [1.29, 1.82) is 0 Å². The Kier molecular flexibility index (Phi) is 4.80. The van der Waals surface area contributed by atoms with E-state index in [9.17, 15) is 22.9 Å². The van der Waals surface area contributed by atoms with Gasteiger partial charge < -0.3 is 0 Å². The second kappa shape index (κ2) is 6.25. The van der Waals surface area contributed by atoms with Gasteiger partial charge in [0.15, 0.2) is 4.90 Å². The van der Waals surface area contributed by atoms with Crippen molar-refractivity contribution < 1.29 is 17.7 Å². The number of rotatable bonds is 4. The zero-order chi connectivity index (χ0) is 15.6. The summed E-state index contributed by atoms with van der Waals surface area (Å²) in [5.74, 6) is -1.19. The molecule has 9 heteroatoms. The summed E-state index contributed by atoms with van der Waals surface area (Å²) in [7, 11) is -4.21. The number of sulfonamides is 1. The number of nitro groups is 1. The molecule has 0 heterocycles. The van der Waals surface area contributed by atoms with Crippen molar-refractivity contribution in [2.75, 3.05) is 0 Å². The van der Waals surface area contributed by atoms with Gasteiger partial charge in [-0.2, -0.15) is 4.39 Å². The number of alkyl halides is 1. The average molecular weight is 337 g/mol.